The van der Waals surface area contributed by atoms with Gasteiger partial charge in [-0.15, -0.1) is 0 Å². The maximum Gasteiger partial charge on any atom is 0.304 e. The van der Waals surface area contributed by atoms with Gasteiger partial charge < -0.3 is 9.84 Å². The minimum atomic E-state index is -0.763. The Bertz CT molecular complexity index is 438. The number of ether oxygens (including phenoxy) is 1. The molecule has 92 valence electrons. The van der Waals surface area contributed by atoms with Crippen molar-refractivity contribution in [2.24, 2.45) is 5.41 Å². The third kappa shape index (κ3) is 3.13. The fourth-order valence-corrected chi connectivity index (χ4v) is 1.99. The van der Waals surface area contributed by atoms with E-state index in [1.807, 2.05) is 19.1 Å². The van der Waals surface area contributed by atoms with Crippen LogP contribution in [0.5, 0.6) is 5.75 Å². The molecule has 17 heavy (non-hydrogen) atoms. The van der Waals surface area contributed by atoms with Crippen molar-refractivity contribution in [3.05, 3.63) is 28.8 Å². The molecule has 0 unspecified atom stereocenters. The lowest BCUT2D eigenvalue weighted by molar-refractivity contribution is -0.138. The van der Waals surface area contributed by atoms with Crippen LogP contribution in [0.3, 0.4) is 0 Å². The van der Waals surface area contributed by atoms with Crippen LogP contribution >= 0.6 is 11.6 Å². The zero-order valence-corrected chi connectivity index (χ0v) is 10.5. The lowest BCUT2D eigenvalue weighted by atomic mass is 10.0. The second-order valence-electron chi connectivity index (χ2n) is 4.79. The summed E-state index contributed by atoms with van der Waals surface area (Å²) in [6.07, 6.45) is 2.02. The topological polar surface area (TPSA) is 46.5 Å². The molecule has 0 amide bonds. The molecule has 0 spiro atoms. The Morgan fingerprint density at radius 1 is 1.53 bits per heavy atom. The van der Waals surface area contributed by atoms with Gasteiger partial charge in [0.05, 0.1) is 18.1 Å². The Kier molecular flexibility index (Phi) is 3.29. The maximum atomic E-state index is 10.7. The van der Waals surface area contributed by atoms with Crippen molar-refractivity contribution in [1.82, 2.24) is 0 Å². The molecule has 0 aliphatic heterocycles. The SMILES string of the molecule is Cc1ccc(Cl)c(OCC2(CC(=O)O)CC2)c1. The van der Waals surface area contributed by atoms with Crippen LogP contribution in [-0.2, 0) is 4.79 Å². The van der Waals surface area contributed by atoms with Gasteiger partial charge in [-0.05, 0) is 37.5 Å². The third-order valence-electron chi connectivity index (χ3n) is 3.10. The monoisotopic (exact) mass is 254 g/mol. The van der Waals surface area contributed by atoms with E-state index in [-0.39, 0.29) is 11.8 Å². The summed E-state index contributed by atoms with van der Waals surface area (Å²) in [6.45, 7) is 2.40. The second-order valence-corrected chi connectivity index (χ2v) is 5.20. The van der Waals surface area contributed by atoms with Crippen LogP contribution in [0.1, 0.15) is 24.8 Å². The molecule has 0 heterocycles. The van der Waals surface area contributed by atoms with E-state index in [0.717, 1.165) is 18.4 Å². The summed E-state index contributed by atoms with van der Waals surface area (Å²) < 4.78 is 5.65. The van der Waals surface area contributed by atoms with Gasteiger partial charge in [0.1, 0.15) is 5.75 Å². The van der Waals surface area contributed by atoms with E-state index in [0.29, 0.717) is 17.4 Å². The van der Waals surface area contributed by atoms with Gasteiger partial charge in [-0.3, -0.25) is 4.79 Å². The van der Waals surface area contributed by atoms with Crippen LogP contribution in [0.2, 0.25) is 5.02 Å². The second kappa shape index (κ2) is 4.57. The summed E-state index contributed by atoms with van der Waals surface area (Å²) in [5.41, 5.74) is 0.909. The number of hydrogen-bond donors (Lipinski definition) is 1. The van der Waals surface area contributed by atoms with Gasteiger partial charge >= 0.3 is 5.97 Å². The minimum Gasteiger partial charge on any atom is -0.491 e. The van der Waals surface area contributed by atoms with Crippen LogP contribution in [0, 0.1) is 12.3 Å². The number of carboxylic acid groups (broad SMARTS) is 1. The average Bonchev–Trinajstić information content (AvgIpc) is 2.99. The molecule has 1 fully saturated rings. The zero-order chi connectivity index (χ0) is 12.5. The highest BCUT2D eigenvalue weighted by atomic mass is 35.5. The van der Waals surface area contributed by atoms with Gasteiger partial charge in [-0.1, -0.05) is 17.7 Å². The molecule has 1 aliphatic rings. The highest BCUT2D eigenvalue weighted by Gasteiger charge is 2.45. The van der Waals surface area contributed by atoms with E-state index in [9.17, 15) is 4.79 Å². The predicted octanol–water partition coefficient (Wildman–Crippen LogP) is 3.28. The maximum absolute atomic E-state index is 10.7. The van der Waals surface area contributed by atoms with E-state index in [2.05, 4.69) is 0 Å². The Morgan fingerprint density at radius 2 is 2.24 bits per heavy atom. The number of hydrogen-bond acceptors (Lipinski definition) is 2. The number of carbonyl (C=O) groups is 1. The Balaban J connectivity index is 1.98. The molecule has 0 saturated heterocycles. The van der Waals surface area contributed by atoms with Crippen molar-refractivity contribution in [1.29, 1.82) is 0 Å². The molecule has 0 atom stereocenters. The molecule has 3 nitrogen and oxygen atoms in total. The van der Waals surface area contributed by atoms with Crippen molar-refractivity contribution in [3.8, 4) is 5.75 Å². The first-order valence-corrected chi connectivity index (χ1v) is 5.99. The largest absolute Gasteiger partial charge is 0.491 e. The molecule has 0 bridgehead atoms. The van der Waals surface area contributed by atoms with Crippen molar-refractivity contribution < 1.29 is 14.6 Å². The first kappa shape index (κ1) is 12.2. The summed E-state index contributed by atoms with van der Waals surface area (Å²) in [6, 6.07) is 5.58. The summed E-state index contributed by atoms with van der Waals surface area (Å²) in [5.74, 6) is -0.121. The number of aryl methyl sites for hydroxylation is 1. The van der Waals surface area contributed by atoms with E-state index < -0.39 is 5.97 Å². The average molecular weight is 255 g/mol. The van der Waals surface area contributed by atoms with E-state index >= 15 is 0 Å². The first-order chi connectivity index (χ1) is 8.01. The van der Waals surface area contributed by atoms with Crippen LogP contribution in [0.25, 0.3) is 0 Å². The quantitative estimate of drug-likeness (QED) is 0.877. The summed E-state index contributed by atoms with van der Waals surface area (Å²) in [7, 11) is 0. The van der Waals surface area contributed by atoms with Gasteiger partial charge in [-0.2, -0.15) is 0 Å². The molecule has 1 N–H and O–H groups in total. The third-order valence-corrected chi connectivity index (χ3v) is 3.42. The molecule has 4 heteroatoms. The van der Waals surface area contributed by atoms with Crippen molar-refractivity contribution in [2.75, 3.05) is 6.61 Å². The minimum absolute atomic E-state index is 0.168. The molecular formula is C13H15ClO3. The van der Waals surface area contributed by atoms with Crippen LogP contribution < -0.4 is 4.74 Å². The number of carboxylic acids is 1. The standard InChI is InChI=1S/C13H15ClO3/c1-9-2-3-10(14)11(6-9)17-8-13(4-5-13)7-12(15)16/h2-3,6H,4-5,7-8H2,1H3,(H,15,16). The normalized spacial score (nSPS) is 16.6. The van der Waals surface area contributed by atoms with Crippen molar-refractivity contribution in [3.63, 3.8) is 0 Å². The van der Waals surface area contributed by atoms with Gasteiger partial charge in [0.2, 0.25) is 0 Å². The molecule has 1 aromatic rings. The molecule has 2 rings (SSSR count). The number of benzene rings is 1. The zero-order valence-electron chi connectivity index (χ0n) is 9.70. The molecule has 1 aromatic carbocycles. The fourth-order valence-electron chi connectivity index (χ4n) is 1.82. The summed E-state index contributed by atoms with van der Waals surface area (Å²) >= 11 is 6.01. The van der Waals surface area contributed by atoms with Gasteiger partial charge in [0.25, 0.3) is 0 Å². The van der Waals surface area contributed by atoms with Crippen LogP contribution in [-0.4, -0.2) is 17.7 Å². The number of aliphatic carboxylic acids is 1. The molecule has 1 aliphatic carbocycles. The molecule has 1 saturated carbocycles. The highest BCUT2D eigenvalue weighted by molar-refractivity contribution is 6.32. The Hall–Kier alpha value is -1.22. The summed E-state index contributed by atoms with van der Waals surface area (Å²) in [4.78, 5) is 10.7. The van der Waals surface area contributed by atoms with E-state index in [4.69, 9.17) is 21.4 Å². The van der Waals surface area contributed by atoms with Gasteiger partial charge in [0.15, 0.2) is 0 Å². The van der Waals surface area contributed by atoms with Crippen LogP contribution in [0.15, 0.2) is 18.2 Å². The van der Waals surface area contributed by atoms with Crippen molar-refractivity contribution >= 4 is 17.6 Å². The lowest BCUT2D eigenvalue weighted by Gasteiger charge is -2.15. The van der Waals surface area contributed by atoms with Gasteiger partial charge in [0, 0.05) is 5.41 Å². The Labute approximate surface area is 105 Å². The van der Waals surface area contributed by atoms with Gasteiger partial charge in [-0.25, -0.2) is 0 Å². The highest BCUT2D eigenvalue weighted by Crippen LogP contribution is 2.49. The fraction of sp³-hybridized carbons (Fsp3) is 0.462. The van der Waals surface area contributed by atoms with Crippen LogP contribution in [0.4, 0.5) is 0 Å². The van der Waals surface area contributed by atoms with E-state index in [1.165, 1.54) is 0 Å². The van der Waals surface area contributed by atoms with Crippen molar-refractivity contribution in [2.45, 2.75) is 26.2 Å². The smallest absolute Gasteiger partial charge is 0.304 e. The molecule has 0 radical (unpaired) electrons. The molecule has 0 aromatic heterocycles. The predicted molar refractivity (Wildman–Crippen MR) is 65.6 cm³/mol. The number of rotatable bonds is 5. The molecular weight excluding hydrogens is 240 g/mol. The lowest BCUT2D eigenvalue weighted by Crippen LogP contribution is -2.17. The first-order valence-electron chi connectivity index (χ1n) is 5.62. The Morgan fingerprint density at radius 3 is 2.82 bits per heavy atom. The summed E-state index contributed by atoms with van der Waals surface area (Å²) in [5, 5.41) is 9.37. The van der Waals surface area contributed by atoms with E-state index in [1.54, 1.807) is 6.07 Å². The number of halogens is 1.